The van der Waals surface area contributed by atoms with Gasteiger partial charge in [-0.15, -0.1) is 0 Å². The summed E-state index contributed by atoms with van der Waals surface area (Å²) in [7, 11) is 0. The Morgan fingerprint density at radius 1 is 1.11 bits per heavy atom. The Labute approximate surface area is 163 Å². The fourth-order valence-corrected chi connectivity index (χ4v) is 4.31. The molecule has 1 unspecified atom stereocenters. The molecule has 3 amide bonds. The lowest BCUT2D eigenvalue weighted by Gasteiger charge is -2.23. The zero-order chi connectivity index (χ0) is 19.5. The average molecular weight is 374 g/mol. The third-order valence-corrected chi connectivity index (χ3v) is 5.92. The number of fused-ring (bicyclic) bond motifs is 2. The number of benzene rings is 1. The number of aromatic nitrogens is 2. The summed E-state index contributed by atoms with van der Waals surface area (Å²) in [6, 6.07) is 9.69. The maximum atomic E-state index is 13.2. The minimum Gasteiger partial charge on any atom is -0.319 e. The van der Waals surface area contributed by atoms with E-state index in [1.54, 1.807) is 6.92 Å². The second kappa shape index (κ2) is 5.92. The van der Waals surface area contributed by atoms with E-state index in [1.165, 1.54) is 16.0 Å². The summed E-state index contributed by atoms with van der Waals surface area (Å²) < 4.78 is 1.92. The van der Waals surface area contributed by atoms with Gasteiger partial charge in [-0.2, -0.15) is 0 Å². The number of aryl methyl sites for hydroxylation is 3. The van der Waals surface area contributed by atoms with E-state index in [0.29, 0.717) is 5.69 Å². The van der Waals surface area contributed by atoms with Gasteiger partial charge in [0.05, 0.1) is 12.2 Å². The lowest BCUT2D eigenvalue weighted by Crippen LogP contribution is -2.41. The van der Waals surface area contributed by atoms with Crippen molar-refractivity contribution in [2.45, 2.75) is 45.2 Å². The van der Waals surface area contributed by atoms with Crippen LogP contribution in [0.3, 0.4) is 0 Å². The minimum absolute atomic E-state index is 0.159. The van der Waals surface area contributed by atoms with E-state index < -0.39 is 5.54 Å². The van der Waals surface area contributed by atoms with Crippen LogP contribution in [0.15, 0.2) is 42.7 Å². The van der Waals surface area contributed by atoms with Gasteiger partial charge in [0.1, 0.15) is 11.2 Å². The Morgan fingerprint density at radius 3 is 2.79 bits per heavy atom. The van der Waals surface area contributed by atoms with Gasteiger partial charge in [-0.05, 0) is 61.4 Å². The molecule has 2 aliphatic rings. The first-order valence-corrected chi connectivity index (χ1v) is 9.65. The zero-order valence-electron chi connectivity index (χ0n) is 16.0. The molecule has 3 heterocycles. The zero-order valence-corrected chi connectivity index (χ0v) is 16.0. The van der Waals surface area contributed by atoms with Crippen molar-refractivity contribution in [3.63, 3.8) is 0 Å². The Morgan fingerprint density at radius 2 is 1.93 bits per heavy atom. The predicted molar refractivity (Wildman–Crippen MR) is 105 cm³/mol. The van der Waals surface area contributed by atoms with Crippen molar-refractivity contribution >= 4 is 17.6 Å². The van der Waals surface area contributed by atoms with Gasteiger partial charge in [0.25, 0.3) is 5.91 Å². The third-order valence-electron chi connectivity index (χ3n) is 5.92. The Hall–Kier alpha value is -3.15. The van der Waals surface area contributed by atoms with Crippen LogP contribution < -0.4 is 5.32 Å². The number of carbonyl (C=O) groups excluding carboxylic acids is 2. The number of hydrogen-bond acceptors (Lipinski definition) is 3. The highest BCUT2D eigenvalue weighted by Gasteiger charge is 2.49. The average Bonchev–Trinajstić information content (AvgIpc) is 3.34. The first kappa shape index (κ1) is 17.0. The van der Waals surface area contributed by atoms with Crippen LogP contribution in [0, 0.1) is 6.92 Å². The van der Waals surface area contributed by atoms with E-state index in [2.05, 4.69) is 22.4 Å². The molecule has 142 valence electrons. The van der Waals surface area contributed by atoms with Crippen molar-refractivity contribution in [3.05, 3.63) is 70.7 Å². The van der Waals surface area contributed by atoms with Gasteiger partial charge in [-0.25, -0.2) is 9.78 Å². The number of imidazole rings is 1. The van der Waals surface area contributed by atoms with E-state index in [0.717, 1.165) is 36.0 Å². The number of amides is 3. The monoisotopic (exact) mass is 374 g/mol. The minimum atomic E-state index is -1.04. The molecule has 3 aromatic rings. The highest BCUT2D eigenvalue weighted by molar-refractivity contribution is 6.07. The maximum absolute atomic E-state index is 13.2. The molecule has 1 N–H and O–H groups in total. The van der Waals surface area contributed by atoms with E-state index in [9.17, 15) is 9.59 Å². The SMILES string of the molecule is Cc1ccc2nc(CN3C(=O)NC(C)(c4ccc5c(c4)CCC5)C3=O)cn2c1. The molecule has 1 fully saturated rings. The molecule has 5 rings (SSSR count). The van der Waals surface area contributed by atoms with Crippen molar-refractivity contribution < 1.29 is 9.59 Å². The molecule has 6 nitrogen and oxygen atoms in total. The van der Waals surface area contributed by atoms with Crippen LogP contribution in [0.25, 0.3) is 5.65 Å². The molecule has 28 heavy (non-hydrogen) atoms. The summed E-state index contributed by atoms with van der Waals surface area (Å²) in [6.07, 6.45) is 7.12. The van der Waals surface area contributed by atoms with Gasteiger partial charge in [0, 0.05) is 12.4 Å². The molecule has 1 aliphatic carbocycles. The lowest BCUT2D eigenvalue weighted by atomic mass is 9.89. The van der Waals surface area contributed by atoms with Crippen molar-refractivity contribution in [3.8, 4) is 0 Å². The molecule has 0 bridgehead atoms. The fraction of sp³-hybridized carbons (Fsp3) is 0.318. The summed E-state index contributed by atoms with van der Waals surface area (Å²) in [4.78, 5) is 31.7. The summed E-state index contributed by atoms with van der Waals surface area (Å²) in [5.41, 5.74) is 5.05. The number of urea groups is 1. The number of imide groups is 1. The van der Waals surface area contributed by atoms with Crippen molar-refractivity contribution in [2.75, 3.05) is 0 Å². The highest BCUT2D eigenvalue weighted by atomic mass is 16.2. The van der Waals surface area contributed by atoms with Crippen LogP contribution in [0.1, 0.15) is 41.3 Å². The highest BCUT2D eigenvalue weighted by Crippen LogP contribution is 2.33. The van der Waals surface area contributed by atoms with Gasteiger partial charge in [0.15, 0.2) is 0 Å². The smallest absolute Gasteiger partial charge is 0.319 e. The first-order valence-electron chi connectivity index (χ1n) is 9.65. The van der Waals surface area contributed by atoms with E-state index in [1.807, 2.05) is 41.9 Å². The third kappa shape index (κ3) is 2.52. The number of nitrogens with zero attached hydrogens (tertiary/aromatic N) is 3. The molecule has 1 atom stereocenters. The Balaban J connectivity index is 1.45. The molecule has 0 radical (unpaired) electrons. The van der Waals surface area contributed by atoms with Crippen LogP contribution >= 0.6 is 0 Å². The van der Waals surface area contributed by atoms with Gasteiger partial charge in [-0.3, -0.25) is 9.69 Å². The number of hydrogen-bond donors (Lipinski definition) is 1. The molecule has 1 saturated heterocycles. The van der Waals surface area contributed by atoms with Crippen LogP contribution in [0.5, 0.6) is 0 Å². The summed E-state index contributed by atoms with van der Waals surface area (Å²) in [6.45, 7) is 3.96. The standard InChI is InChI=1S/C22H22N4O2/c1-14-6-9-19-23-18(12-25(19)11-14)13-26-20(27)22(2,24-21(26)28)17-8-7-15-4-3-5-16(15)10-17/h6-12H,3-5,13H2,1-2H3,(H,24,28). The van der Waals surface area contributed by atoms with Gasteiger partial charge < -0.3 is 9.72 Å². The molecule has 1 aromatic carbocycles. The number of nitrogens with one attached hydrogen (secondary N) is 1. The van der Waals surface area contributed by atoms with Gasteiger partial charge in [-0.1, -0.05) is 24.3 Å². The largest absolute Gasteiger partial charge is 0.325 e. The number of carbonyl (C=O) groups is 2. The maximum Gasteiger partial charge on any atom is 0.325 e. The van der Waals surface area contributed by atoms with E-state index in [4.69, 9.17) is 0 Å². The van der Waals surface area contributed by atoms with Crippen molar-refractivity contribution in [2.24, 2.45) is 0 Å². The van der Waals surface area contributed by atoms with Crippen molar-refractivity contribution in [1.29, 1.82) is 0 Å². The molecular weight excluding hydrogens is 352 g/mol. The van der Waals surface area contributed by atoms with Crippen LogP contribution in [0.4, 0.5) is 4.79 Å². The summed E-state index contributed by atoms with van der Waals surface area (Å²) in [5.74, 6) is -0.233. The molecule has 0 spiro atoms. The predicted octanol–water partition coefficient (Wildman–Crippen LogP) is 3.10. The fourth-order valence-electron chi connectivity index (χ4n) is 4.31. The first-order chi connectivity index (χ1) is 13.4. The molecule has 6 heteroatoms. The number of rotatable bonds is 3. The van der Waals surface area contributed by atoms with Crippen molar-refractivity contribution in [1.82, 2.24) is 19.6 Å². The normalized spacial score (nSPS) is 21.4. The molecular formula is C22H22N4O2. The molecule has 1 aliphatic heterocycles. The quantitative estimate of drug-likeness (QED) is 0.717. The lowest BCUT2D eigenvalue weighted by molar-refractivity contribution is -0.131. The Bertz CT molecular complexity index is 1130. The van der Waals surface area contributed by atoms with Gasteiger partial charge >= 0.3 is 6.03 Å². The van der Waals surface area contributed by atoms with Crippen LogP contribution in [-0.4, -0.2) is 26.2 Å². The van der Waals surface area contributed by atoms with Crippen LogP contribution in [-0.2, 0) is 29.7 Å². The van der Waals surface area contributed by atoms with Crippen LogP contribution in [0.2, 0.25) is 0 Å². The van der Waals surface area contributed by atoms with E-state index in [-0.39, 0.29) is 18.5 Å². The molecule has 2 aromatic heterocycles. The van der Waals surface area contributed by atoms with Gasteiger partial charge in [0.2, 0.25) is 0 Å². The Kier molecular flexibility index (Phi) is 3.59. The summed E-state index contributed by atoms with van der Waals surface area (Å²) in [5, 5.41) is 2.90. The number of pyridine rings is 1. The second-order valence-electron chi connectivity index (χ2n) is 7.99. The van der Waals surface area contributed by atoms with E-state index >= 15 is 0 Å². The second-order valence-corrected chi connectivity index (χ2v) is 7.99. The molecule has 0 saturated carbocycles. The summed E-state index contributed by atoms with van der Waals surface area (Å²) >= 11 is 0. The topological polar surface area (TPSA) is 66.7 Å².